The van der Waals surface area contributed by atoms with Crippen molar-refractivity contribution in [2.24, 2.45) is 0 Å². The van der Waals surface area contributed by atoms with Gasteiger partial charge in [-0.3, -0.25) is 0 Å². The smallest absolute Gasteiger partial charge is 0.133 e. The Bertz CT molecular complexity index is 671. The van der Waals surface area contributed by atoms with E-state index < -0.39 is 0 Å². The highest BCUT2D eigenvalue weighted by molar-refractivity contribution is 5.59. The molecule has 2 heteroatoms. The van der Waals surface area contributed by atoms with Crippen molar-refractivity contribution in [3.8, 4) is 11.5 Å². The van der Waals surface area contributed by atoms with Gasteiger partial charge in [-0.25, -0.2) is 0 Å². The Morgan fingerprint density at radius 2 is 1.57 bits per heavy atom. The van der Waals surface area contributed by atoms with Gasteiger partial charge in [0.15, 0.2) is 0 Å². The lowest BCUT2D eigenvalue weighted by Gasteiger charge is -2.30. The molecule has 1 saturated heterocycles. The Balaban J connectivity index is 1.66. The Kier molecular flexibility index (Phi) is 3.10. The van der Waals surface area contributed by atoms with E-state index in [1.807, 2.05) is 0 Å². The molecular weight excluding hydrogens is 258 g/mol. The Morgan fingerprint density at radius 1 is 0.857 bits per heavy atom. The molecule has 0 bridgehead atoms. The van der Waals surface area contributed by atoms with E-state index in [1.54, 1.807) is 0 Å². The summed E-state index contributed by atoms with van der Waals surface area (Å²) in [4.78, 5) is 2.49. The van der Waals surface area contributed by atoms with E-state index >= 15 is 0 Å². The molecule has 108 valence electrons. The molecule has 2 heterocycles. The first kappa shape index (κ1) is 12.8. The molecule has 4 rings (SSSR count). The molecule has 0 aromatic heterocycles. The number of fused-ring (bicyclic) bond motifs is 2. The first-order chi connectivity index (χ1) is 10.3. The lowest BCUT2D eigenvalue weighted by atomic mass is 9.98. The van der Waals surface area contributed by atoms with Crippen molar-refractivity contribution in [3.05, 3.63) is 53.1 Å². The van der Waals surface area contributed by atoms with Crippen LogP contribution in [0, 0.1) is 6.92 Å². The van der Waals surface area contributed by atoms with E-state index in [9.17, 15) is 0 Å². The van der Waals surface area contributed by atoms with Gasteiger partial charge < -0.3 is 9.64 Å². The monoisotopic (exact) mass is 279 g/mol. The first-order valence-corrected chi connectivity index (χ1v) is 7.95. The summed E-state index contributed by atoms with van der Waals surface area (Å²) in [6, 6.07) is 13.2. The minimum atomic E-state index is 0.977. The van der Waals surface area contributed by atoms with Crippen molar-refractivity contribution in [1.82, 2.24) is 0 Å². The fourth-order valence-corrected chi connectivity index (χ4v) is 3.36. The first-order valence-electron chi connectivity index (χ1n) is 7.95. The fraction of sp³-hybridized carbons (Fsp3) is 0.368. The molecule has 0 N–H and O–H groups in total. The maximum absolute atomic E-state index is 6.16. The second kappa shape index (κ2) is 5.10. The molecular formula is C19H21NO. The molecule has 2 aliphatic heterocycles. The molecule has 21 heavy (non-hydrogen) atoms. The third-order valence-corrected chi connectivity index (χ3v) is 4.60. The van der Waals surface area contributed by atoms with Gasteiger partial charge in [-0.2, -0.15) is 0 Å². The third-order valence-electron chi connectivity index (χ3n) is 4.60. The molecule has 0 atom stereocenters. The second-order valence-electron chi connectivity index (χ2n) is 6.23. The van der Waals surface area contributed by atoms with E-state index in [0.717, 1.165) is 17.9 Å². The third kappa shape index (κ3) is 2.39. The van der Waals surface area contributed by atoms with Crippen molar-refractivity contribution >= 4 is 5.69 Å². The van der Waals surface area contributed by atoms with E-state index in [0.29, 0.717) is 0 Å². The SMILES string of the molecule is Cc1ccc2c(c1)Oc1cc(N3CCCCC3)ccc1C2. The summed E-state index contributed by atoms with van der Waals surface area (Å²) < 4.78 is 6.16. The van der Waals surface area contributed by atoms with Crippen molar-refractivity contribution in [2.75, 3.05) is 18.0 Å². The number of aryl methyl sites for hydroxylation is 1. The van der Waals surface area contributed by atoms with Crippen LogP contribution in [0.3, 0.4) is 0 Å². The van der Waals surface area contributed by atoms with Gasteiger partial charge in [-0.15, -0.1) is 0 Å². The van der Waals surface area contributed by atoms with Gasteiger partial charge in [0.25, 0.3) is 0 Å². The van der Waals surface area contributed by atoms with Crippen LogP contribution >= 0.6 is 0 Å². The summed E-state index contributed by atoms with van der Waals surface area (Å²) in [6.07, 6.45) is 4.95. The predicted octanol–water partition coefficient (Wildman–Crippen LogP) is 4.68. The standard InChI is InChI=1S/C19H21NO/c1-14-5-6-15-12-16-7-8-17(20-9-3-2-4-10-20)13-19(16)21-18(15)11-14/h5-8,11,13H,2-4,9-10,12H2,1H3. The number of piperidine rings is 1. The van der Waals surface area contributed by atoms with E-state index in [2.05, 4.69) is 48.2 Å². The highest BCUT2D eigenvalue weighted by atomic mass is 16.5. The zero-order valence-corrected chi connectivity index (χ0v) is 12.6. The molecule has 0 spiro atoms. The molecule has 1 fully saturated rings. The molecule has 0 saturated carbocycles. The molecule has 0 amide bonds. The Labute approximate surface area is 126 Å². The molecule has 0 radical (unpaired) electrons. The predicted molar refractivity (Wildman–Crippen MR) is 86.6 cm³/mol. The summed E-state index contributed by atoms with van der Waals surface area (Å²) >= 11 is 0. The van der Waals surface area contributed by atoms with Crippen LogP contribution in [0.5, 0.6) is 11.5 Å². The fourth-order valence-electron chi connectivity index (χ4n) is 3.36. The molecule has 2 aliphatic rings. The summed E-state index contributed by atoms with van der Waals surface area (Å²) in [7, 11) is 0. The highest BCUT2D eigenvalue weighted by Gasteiger charge is 2.19. The quantitative estimate of drug-likeness (QED) is 0.641. The van der Waals surface area contributed by atoms with Gasteiger partial charge in [0.2, 0.25) is 0 Å². The molecule has 2 aromatic rings. The van der Waals surface area contributed by atoms with Crippen LogP contribution < -0.4 is 9.64 Å². The zero-order chi connectivity index (χ0) is 14.2. The number of anilines is 1. The van der Waals surface area contributed by atoms with Gasteiger partial charge in [0.1, 0.15) is 11.5 Å². The molecule has 0 aliphatic carbocycles. The highest BCUT2D eigenvalue weighted by Crippen LogP contribution is 2.39. The largest absolute Gasteiger partial charge is 0.457 e. The van der Waals surface area contributed by atoms with Crippen molar-refractivity contribution in [1.29, 1.82) is 0 Å². The van der Waals surface area contributed by atoms with Crippen molar-refractivity contribution in [2.45, 2.75) is 32.6 Å². The Morgan fingerprint density at radius 3 is 2.38 bits per heavy atom. The van der Waals surface area contributed by atoms with Crippen LogP contribution in [0.4, 0.5) is 5.69 Å². The maximum atomic E-state index is 6.16. The van der Waals surface area contributed by atoms with E-state index in [-0.39, 0.29) is 0 Å². The van der Waals surface area contributed by atoms with Crippen LogP contribution in [0.2, 0.25) is 0 Å². The number of ether oxygens (including phenoxy) is 1. The maximum Gasteiger partial charge on any atom is 0.133 e. The molecule has 2 nitrogen and oxygen atoms in total. The van der Waals surface area contributed by atoms with Gasteiger partial charge in [0.05, 0.1) is 0 Å². The number of hydrogen-bond donors (Lipinski definition) is 0. The van der Waals surface area contributed by atoms with Crippen LogP contribution in [-0.4, -0.2) is 13.1 Å². The second-order valence-corrected chi connectivity index (χ2v) is 6.23. The number of nitrogens with zero attached hydrogens (tertiary/aromatic N) is 1. The minimum absolute atomic E-state index is 0.977. The summed E-state index contributed by atoms with van der Waals surface area (Å²) in [5, 5.41) is 0. The van der Waals surface area contributed by atoms with Gasteiger partial charge in [0, 0.05) is 31.3 Å². The minimum Gasteiger partial charge on any atom is -0.457 e. The number of hydrogen-bond acceptors (Lipinski definition) is 2. The summed E-state index contributed by atoms with van der Waals surface area (Å²) in [5.74, 6) is 2.06. The summed E-state index contributed by atoms with van der Waals surface area (Å²) in [6.45, 7) is 4.46. The summed E-state index contributed by atoms with van der Waals surface area (Å²) in [5.41, 5.74) is 5.15. The van der Waals surface area contributed by atoms with E-state index in [4.69, 9.17) is 4.74 Å². The van der Waals surface area contributed by atoms with Crippen LogP contribution in [0.15, 0.2) is 36.4 Å². The van der Waals surface area contributed by atoms with Crippen molar-refractivity contribution in [3.63, 3.8) is 0 Å². The topological polar surface area (TPSA) is 12.5 Å². The zero-order valence-electron chi connectivity index (χ0n) is 12.6. The number of rotatable bonds is 1. The van der Waals surface area contributed by atoms with Crippen LogP contribution in [0.1, 0.15) is 36.0 Å². The number of benzene rings is 2. The lowest BCUT2D eigenvalue weighted by molar-refractivity contribution is 0.459. The van der Waals surface area contributed by atoms with Gasteiger partial charge in [-0.1, -0.05) is 18.2 Å². The lowest BCUT2D eigenvalue weighted by Crippen LogP contribution is -2.29. The molecule has 0 unspecified atom stereocenters. The Hall–Kier alpha value is -1.96. The average molecular weight is 279 g/mol. The van der Waals surface area contributed by atoms with Crippen molar-refractivity contribution < 1.29 is 4.74 Å². The normalized spacial score (nSPS) is 16.9. The average Bonchev–Trinajstić information content (AvgIpc) is 2.53. The van der Waals surface area contributed by atoms with E-state index in [1.165, 1.54) is 54.7 Å². The van der Waals surface area contributed by atoms with Gasteiger partial charge >= 0.3 is 0 Å². The van der Waals surface area contributed by atoms with Gasteiger partial charge in [-0.05, 0) is 55.0 Å². The molecule has 2 aromatic carbocycles. The van der Waals surface area contributed by atoms with Crippen LogP contribution in [-0.2, 0) is 6.42 Å². The van der Waals surface area contributed by atoms with Crippen LogP contribution in [0.25, 0.3) is 0 Å².